The Labute approximate surface area is 102 Å². The molecule has 0 fully saturated rings. The van der Waals surface area contributed by atoms with Gasteiger partial charge in [-0.1, -0.05) is 0 Å². The average Bonchev–Trinajstić information content (AvgIpc) is 2.10. The summed E-state index contributed by atoms with van der Waals surface area (Å²) < 4.78 is 5.02. The highest BCUT2D eigenvalue weighted by molar-refractivity contribution is 5.90. The Hall–Kier alpha value is -1.59. The highest BCUT2D eigenvalue weighted by Crippen LogP contribution is 2.06. The number of carbonyl (C=O) groups excluding carboxylic acids is 2. The van der Waals surface area contributed by atoms with Crippen LogP contribution < -0.4 is 5.32 Å². The summed E-state index contributed by atoms with van der Waals surface area (Å²) >= 11 is 0. The predicted molar refractivity (Wildman–Crippen MR) is 66.0 cm³/mol. The van der Waals surface area contributed by atoms with Crippen LogP contribution in [0.1, 0.15) is 27.7 Å². The molecule has 0 spiro atoms. The van der Waals surface area contributed by atoms with Crippen LogP contribution in [0.25, 0.3) is 0 Å². The van der Waals surface area contributed by atoms with Crippen molar-refractivity contribution in [3.8, 4) is 0 Å². The SMILES string of the molecule is C[C@H](NC(=O)OC(C)(C)C)C(=O)N=CN(C)C. The zero-order chi connectivity index (χ0) is 13.6. The Balaban J connectivity index is 4.21. The third-order valence-electron chi connectivity index (χ3n) is 1.52. The molecule has 0 aliphatic carbocycles. The Morgan fingerprint density at radius 1 is 1.35 bits per heavy atom. The lowest BCUT2D eigenvalue weighted by Crippen LogP contribution is -2.41. The highest BCUT2D eigenvalue weighted by Gasteiger charge is 2.20. The Kier molecular flexibility index (Phi) is 5.64. The van der Waals surface area contributed by atoms with Crippen LogP contribution in [0, 0.1) is 0 Å². The van der Waals surface area contributed by atoms with E-state index in [0.717, 1.165) is 0 Å². The predicted octanol–water partition coefficient (Wildman–Crippen LogP) is 1.02. The third-order valence-corrected chi connectivity index (χ3v) is 1.52. The van der Waals surface area contributed by atoms with Crippen molar-refractivity contribution < 1.29 is 14.3 Å². The van der Waals surface area contributed by atoms with E-state index in [0.29, 0.717) is 0 Å². The van der Waals surface area contributed by atoms with Crippen molar-refractivity contribution in [3.63, 3.8) is 0 Å². The monoisotopic (exact) mass is 243 g/mol. The van der Waals surface area contributed by atoms with Gasteiger partial charge in [-0.25, -0.2) is 9.79 Å². The summed E-state index contributed by atoms with van der Waals surface area (Å²) in [6, 6.07) is -0.707. The summed E-state index contributed by atoms with van der Waals surface area (Å²) in [5.41, 5.74) is -0.584. The van der Waals surface area contributed by atoms with Crippen LogP contribution >= 0.6 is 0 Å². The lowest BCUT2D eigenvalue weighted by atomic mass is 10.2. The quantitative estimate of drug-likeness (QED) is 0.593. The molecule has 1 atom stereocenters. The van der Waals surface area contributed by atoms with E-state index in [4.69, 9.17) is 4.74 Å². The van der Waals surface area contributed by atoms with E-state index in [1.165, 1.54) is 6.34 Å². The van der Waals surface area contributed by atoms with Crippen molar-refractivity contribution >= 4 is 18.3 Å². The van der Waals surface area contributed by atoms with E-state index >= 15 is 0 Å². The van der Waals surface area contributed by atoms with E-state index in [-0.39, 0.29) is 0 Å². The van der Waals surface area contributed by atoms with Crippen molar-refractivity contribution in [2.75, 3.05) is 14.1 Å². The molecule has 0 aliphatic rings. The number of ether oxygens (including phenoxy) is 1. The first-order valence-electron chi connectivity index (χ1n) is 5.36. The first kappa shape index (κ1) is 15.4. The van der Waals surface area contributed by atoms with E-state index < -0.39 is 23.6 Å². The van der Waals surface area contributed by atoms with Gasteiger partial charge >= 0.3 is 6.09 Å². The Morgan fingerprint density at radius 3 is 2.29 bits per heavy atom. The van der Waals surface area contributed by atoms with Gasteiger partial charge in [0, 0.05) is 14.1 Å². The molecular formula is C11H21N3O3. The molecule has 0 aromatic heterocycles. The van der Waals surface area contributed by atoms with Crippen LogP contribution in [-0.4, -0.2) is 49.0 Å². The van der Waals surface area contributed by atoms with Crippen molar-refractivity contribution in [2.24, 2.45) is 4.99 Å². The minimum Gasteiger partial charge on any atom is -0.444 e. The largest absolute Gasteiger partial charge is 0.444 e. The molecular weight excluding hydrogens is 222 g/mol. The van der Waals surface area contributed by atoms with E-state index in [9.17, 15) is 9.59 Å². The molecule has 6 nitrogen and oxygen atoms in total. The molecule has 0 radical (unpaired) electrons. The van der Waals surface area contributed by atoms with Crippen LogP contribution in [0.4, 0.5) is 4.79 Å². The number of carbonyl (C=O) groups is 2. The molecule has 98 valence electrons. The lowest BCUT2D eigenvalue weighted by Gasteiger charge is -2.20. The van der Waals surface area contributed by atoms with Crippen LogP contribution in [0.15, 0.2) is 4.99 Å². The standard InChI is InChI=1S/C11H21N3O3/c1-8(9(15)12-7-14(5)6)13-10(16)17-11(2,3)4/h7-8H,1-6H3,(H,13,16)/t8-/m0/s1. The molecule has 0 aromatic carbocycles. The molecule has 0 rings (SSSR count). The number of rotatable bonds is 3. The van der Waals surface area contributed by atoms with Gasteiger partial charge in [-0.15, -0.1) is 0 Å². The van der Waals surface area contributed by atoms with Crippen LogP contribution in [0.3, 0.4) is 0 Å². The van der Waals surface area contributed by atoms with Gasteiger partial charge < -0.3 is 15.0 Å². The normalized spacial score (nSPS) is 13.3. The van der Waals surface area contributed by atoms with Gasteiger partial charge in [-0.05, 0) is 27.7 Å². The van der Waals surface area contributed by atoms with Crippen LogP contribution in [0.5, 0.6) is 0 Å². The summed E-state index contributed by atoms with van der Waals surface area (Å²) in [6.45, 7) is 6.81. The summed E-state index contributed by atoms with van der Waals surface area (Å²) in [4.78, 5) is 28.1. The molecule has 0 aromatic rings. The lowest BCUT2D eigenvalue weighted by molar-refractivity contribution is -0.119. The fourth-order valence-corrected chi connectivity index (χ4v) is 0.830. The minimum atomic E-state index is -0.707. The average molecular weight is 243 g/mol. The van der Waals surface area contributed by atoms with E-state index in [1.54, 1.807) is 46.7 Å². The Bertz CT molecular complexity index is 306. The van der Waals surface area contributed by atoms with Crippen molar-refractivity contribution in [1.82, 2.24) is 10.2 Å². The number of aliphatic imine (C=N–C) groups is 1. The number of nitrogens with zero attached hydrogens (tertiary/aromatic N) is 2. The molecule has 2 amide bonds. The summed E-state index contributed by atoms with van der Waals surface area (Å²) in [7, 11) is 3.51. The maximum atomic E-state index is 11.5. The van der Waals surface area contributed by atoms with E-state index in [1.807, 2.05) is 0 Å². The maximum absolute atomic E-state index is 11.5. The number of hydrogen-bond acceptors (Lipinski definition) is 3. The van der Waals surface area contributed by atoms with Crippen LogP contribution in [-0.2, 0) is 9.53 Å². The number of nitrogens with one attached hydrogen (secondary N) is 1. The maximum Gasteiger partial charge on any atom is 0.408 e. The highest BCUT2D eigenvalue weighted by atomic mass is 16.6. The molecule has 6 heteroatoms. The second kappa shape index (κ2) is 6.22. The van der Waals surface area contributed by atoms with Crippen molar-refractivity contribution in [2.45, 2.75) is 39.3 Å². The second-order valence-electron chi connectivity index (χ2n) is 4.91. The zero-order valence-corrected chi connectivity index (χ0v) is 11.3. The molecule has 0 aliphatic heterocycles. The van der Waals surface area contributed by atoms with Gasteiger partial charge in [0.2, 0.25) is 0 Å². The molecule has 0 unspecified atom stereocenters. The van der Waals surface area contributed by atoms with Crippen LogP contribution in [0.2, 0.25) is 0 Å². The van der Waals surface area contributed by atoms with Gasteiger partial charge in [0.25, 0.3) is 5.91 Å². The number of amides is 2. The van der Waals surface area contributed by atoms with Crippen molar-refractivity contribution in [3.05, 3.63) is 0 Å². The second-order valence-corrected chi connectivity index (χ2v) is 4.91. The summed E-state index contributed by atoms with van der Waals surface area (Å²) in [6.07, 6.45) is 0.758. The molecule has 17 heavy (non-hydrogen) atoms. The molecule has 0 saturated carbocycles. The molecule has 1 N–H and O–H groups in total. The summed E-state index contributed by atoms with van der Waals surface area (Å²) in [5.74, 6) is -0.426. The number of alkyl carbamates (subject to hydrolysis) is 1. The van der Waals surface area contributed by atoms with Gasteiger partial charge in [-0.3, -0.25) is 4.79 Å². The minimum absolute atomic E-state index is 0.426. The summed E-state index contributed by atoms with van der Waals surface area (Å²) in [5, 5.41) is 2.42. The first-order valence-corrected chi connectivity index (χ1v) is 5.36. The van der Waals surface area contributed by atoms with Gasteiger partial charge in [0.1, 0.15) is 11.6 Å². The van der Waals surface area contributed by atoms with Crippen molar-refractivity contribution in [1.29, 1.82) is 0 Å². The number of hydrogen-bond donors (Lipinski definition) is 1. The smallest absolute Gasteiger partial charge is 0.408 e. The fraction of sp³-hybridized carbons (Fsp3) is 0.727. The fourth-order valence-electron chi connectivity index (χ4n) is 0.830. The van der Waals surface area contributed by atoms with E-state index in [2.05, 4.69) is 10.3 Å². The molecule has 0 saturated heterocycles. The van der Waals surface area contributed by atoms with Gasteiger partial charge in [0.05, 0.1) is 6.34 Å². The topological polar surface area (TPSA) is 71.0 Å². The molecule has 0 heterocycles. The van der Waals surface area contributed by atoms with Gasteiger partial charge in [0.15, 0.2) is 0 Å². The van der Waals surface area contributed by atoms with Gasteiger partial charge in [-0.2, -0.15) is 0 Å². The molecule has 0 bridgehead atoms. The third kappa shape index (κ3) is 8.24. The Morgan fingerprint density at radius 2 is 1.88 bits per heavy atom. The zero-order valence-electron chi connectivity index (χ0n) is 11.3. The first-order chi connectivity index (χ1) is 7.61.